The SMILES string of the molecule is Cc1cc(N2C(=O)c3ccc(C(=O)OCC(=O)Nc4ccc(C)c(C)c4)cc3C2=O)no1. The van der Waals surface area contributed by atoms with E-state index in [1.54, 1.807) is 13.0 Å². The molecule has 0 unspecified atom stereocenters. The van der Waals surface area contributed by atoms with E-state index in [0.29, 0.717) is 11.4 Å². The van der Waals surface area contributed by atoms with E-state index in [1.807, 2.05) is 26.0 Å². The second-order valence-corrected chi connectivity index (χ2v) is 7.43. The van der Waals surface area contributed by atoms with Gasteiger partial charge in [-0.25, -0.2) is 9.69 Å². The summed E-state index contributed by atoms with van der Waals surface area (Å²) in [7, 11) is 0. The van der Waals surface area contributed by atoms with Crippen LogP contribution in [-0.2, 0) is 9.53 Å². The third kappa shape index (κ3) is 3.87. The molecule has 0 saturated carbocycles. The lowest BCUT2D eigenvalue weighted by molar-refractivity contribution is -0.119. The molecule has 4 rings (SSSR count). The lowest BCUT2D eigenvalue weighted by Gasteiger charge is -2.09. The summed E-state index contributed by atoms with van der Waals surface area (Å²) in [6.07, 6.45) is 0. The molecule has 2 aromatic carbocycles. The summed E-state index contributed by atoms with van der Waals surface area (Å²) in [5.74, 6) is -1.97. The van der Waals surface area contributed by atoms with E-state index in [-0.39, 0.29) is 22.5 Å². The number of fused-ring (bicyclic) bond motifs is 1. The van der Waals surface area contributed by atoms with Crippen LogP contribution in [0.4, 0.5) is 11.5 Å². The van der Waals surface area contributed by atoms with E-state index in [9.17, 15) is 19.2 Å². The first-order valence-electron chi connectivity index (χ1n) is 9.75. The molecule has 1 aliphatic rings. The molecule has 9 heteroatoms. The van der Waals surface area contributed by atoms with Crippen molar-refractivity contribution < 1.29 is 28.4 Å². The van der Waals surface area contributed by atoms with Gasteiger partial charge in [0.2, 0.25) is 0 Å². The molecule has 0 aliphatic carbocycles. The van der Waals surface area contributed by atoms with Crippen molar-refractivity contribution in [2.45, 2.75) is 20.8 Å². The molecule has 32 heavy (non-hydrogen) atoms. The monoisotopic (exact) mass is 433 g/mol. The van der Waals surface area contributed by atoms with Crippen LogP contribution in [0.3, 0.4) is 0 Å². The Morgan fingerprint density at radius 2 is 1.72 bits per heavy atom. The number of carbonyl (C=O) groups is 4. The number of nitrogens with zero attached hydrogens (tertiary/aromatic N) is 2. The van der Waals surface area contributed by atoms with Crippen LogP contribution in [0.5, 0.6) is 0 Å². The predicted molar refractivity (Wildman–Crippen MR) is 114 cm³/mol. The number of hydrogen-bond acceptors (Lipinski definition) is 7. The van der Waals surface area contributed by atoms with Gasteiger partial charge >= 0.3 is 5.97 Å². The zero-order valence-electron chi connectivity index (χ0n) is 17.6. The van der Waals surface area contributed by atoms with Gasteiger partial charge in [0.25, 0.3) is 17.7 Å². The standard InChI is InChI=1S/C23H19N3O6/c1-12-4-6-16(8-13(12)2)24-20(27)11-31-23(30)15-5-7-17-18(10-15)22(29)26(21(17)28)19-9-14(3)32-25-19/h4-10H,11H2,1-3H3,(H,24,27). The third-order valence-corrected chi connectivity index (χ3v) is 5.09. The molecule has 1 aliphatic heterocycles. The van der Waals surface area contributed by atoms with Crippen LogP contribution in [0, 0.1) is 20.8 Å². The van der Waals surface area contributed by atoms with Crippen LogP contribution in [0.25, 0.3) is 0 Å². The van der Waals surface area contributed by atoms with Crippen LogP contribution >= 0.6 is 0 Å². The minimum absolute atomic E-state index is 0.0436. The summed E-state index contributed by atoms with van der Waals surface area (Å²) in [4.78, 5) is 50.7. The van der Waals surface area contributed by atoms with Crippen molar-refractivity contribution in [2.24, 2.45) is 0 Å². The Bertz CT molecular complexity index is 1280. The van der Waals surface area contributed by atoms with Gasteiger partial charge in [0.15, 0.2) is 12.4 Å². The highest BCUT2D eigenvalue weighted by Gasteiger charge is 2.38. The zero-order valence-corrected chi connectivity index (χ0v) is 17.6. The Labute approximate surface area is 182 Å². The van der Waals surface area contributed by atoms with Crippen LogP contribution in [0.1, 0.15) is 48.0 Å². The molecule has 3 amide bonds. The van der Waals surface area contributed by atoms with Crippen molar-refractivity contribution >= 4 is 35.2 Å². The van der Waals surface area contributed by atoms with Gasteiger partial charge in [-0.3, -0.25) is 14.4 Å². The molecule has 0 atom stereocenters. The van der Waals surface area contributed by atoms with Crippen molar-refractivity contribution in [1.82, 2.24) is 5.16 Å². The summed E-state index contributed by atoms with van der Waals surface area (Å²) in [6, 6.07) is 10.9. The fraction of sp³-hybridized carbons (Fsp3) is 0.174. The first-order chi connectivity index (χ1) is 15.2. The summed E-state index contributed by atoms with van der Waals surface area (Å²) in [5, 5.41) is 6.37. The molecule has 1 N–H and O–H groups in total. The van der Waals surface area contributed by atoms with Crippen molar-refractivity contribution in [1.29, 1.82) is 0 Å². The summed E-state index contributed by atoms with van der Waals surface area (Å²) >= 11 is 0. The number of nitrogens with one attached hydrogen (secondary N) is 1. The summed E-state index contributed by atoms with van der Waals surface area (Å²) in [6.45, 7) is 5.03. The highest BCUT2D eigenvalue weighted by molar-refractivity contribution is 6.34. The second kappa shape index (κ2) is 8.10. The predicted octanol–water partition coefficient (Wildman–Crippen LogP) is 3.20. The number of esters is 1. The quantitative estimate of drug-likeness (QED) is 0.485. The Hall–Kier alpha value is -4.27. The van der Waals surface area contributed by atoms with E-state index in [4.69, 9.17) is 9.26 Å². The van der Waals surface area contributed by atoms with Gasteiger partial charge in [-0.2, -0.15) is 0 Å². The van der Waals surface area contributed by atoms with Crippen LogP contribution < -0.4 is 10.2 Å². The van der Waals surface area contributed by atoms with E-state index in [1.165, 1.54) is 24.3 Å². The molecule has 162 valence electrons. The maximum Gasteiger partial charge on any atom is 0.338 e. The zero-order chi connectivity index (χ0) is 23.0. The number of aryl methyl sites for hydroxylation is 3. The van der Waals surface area contributed by atoms with Gasteiger partial charge in [0.05, 0.1) is 16.7 Å². The van der Waals surface area contributed by atoms with Crippen LogP contribution in [0.2, 0.25) is 0 Å². The Balaban J connectivity index is 1.43. The molecular weight excluding hydrogens is 414 g/mol. The van der Waals surface area contributed by atoms with Gasteiger partial charge in [0.1, 0.15) is 5.76 Å². The molecular formula is C23H19N3O6. The van der Waals surface area contributed by atoms with E-state index >= 15 is 0 Å². The molecule has 0 bridgehead atoms. The number of benzene rings is 2. The molecule has 2 heterocycles. The molecule has 0 saturated heterocycles. The van der Waals surface area contributed by atoms with Crippen LogP contribution in [-0.4, -0.2) is 35.5 Å². The smallest absolute Gasteiger partial charge is 0.338 e. The summed E-state index contributed by atoms with van der Waals surface area (Å²) < 4.78 is 10.0. The molecule has 0 spiro atoms. The molecule has 0 fully saturated rings. The fourth-order valence-electron chi connectivity index (χ4n) is 3.27. The highest BCUT2D eigenvalue weighted by Crippen LogP contribution is 2.29. The topological polar surface area (TPSA) is 119 Å². The van der Waals surface area contributed by atoms with Gasteiger partial charge in [-0.15, -0.1) is 0 Å². The molecule has 0 radical (unpaired) electrons. The number of rotatable bonds is 5. The Kier molecular flexibility index (Phi) is 5.31. The largest absolute Gasteiger partial charge is 0.452 e. The number of imide groups is 1. The normalized spacial score (nSPS) is 12.7. The minimum atomic E-state index is -0.793. The maximum atomic E-state index is 12.7. The second-order valence-electron chi connectivity index (χ2n) is 7.43. The van der Waals surface area contributed by atoms with Gasteiger partial charge in [-0.1, -0.05) is 11.2 Å². The minimum Gasteiger partial charge on any atom is -0.452 e. The highest BCUT2D eigenvalue weighted by atomic mass is 16.5. The van der Waals surface area contributed by atoms with Crippen molar-refractivity contribution in [3.63, 3.8) is 0 Å². The lowest BCUT2D eigenvalue weighted by Crippen LogP contribution is -2.29. The molecule has 1 aromatic heterocycles. The number of hydrogen-bond donors (Lipinski definition) is 1. The van der Waals surface area contributed by atoms with E-state index in [0.717, 1.165) is 16.0 Å². The van der Waals surface area contributed by atoms with Gasteiger partial charge in [0, 0.05) is 11.8 Å². The average molecular weight is 433 g/mol. The first-order valence-corrected chi connectivity index (χ1v) is 9.75. The summed E-state index contributed by atoms with van der Waals surface area (Å²) in [5.41, 5.74) is 2.94. The molecule has 9 nitrogen and oxygen atoms in total. The van der Waals surface area contributed by atoms with E-state index < -0.39 is 30.3 Å². The first kappa shape index (κ1) is 21.0. The Morgan fingerprint density at radius 1 is 0.969 bits per heavy atom. The van der Waals surface area contributed by atoms with Crippen molar-refractivity contribution in [2.75, 3.05) is 16.8 Å². The Morgan fingerprint density at radius 3 is 2.41 bits per heavy atom. The van der Waals surface area contributed by atoms with Gasteiger partial charge < -0.3 is 14.6 Å². The molecule has 3 aromatic rings. The lowest BCUT2D eigenvalue weighted by atomic mass is 10.1. The van der Waals surface area contributed by atoms with Crippen molar-refractivity contribution in [3.8, 4) is 0 Å². The number of aromatic nitrogens is 1. The number of anilines is 2. The van der Waals surface area contributed by atoms with Gasteiger partial charge in [-0.05, 0) is 62.2 Å². The number of amides is 3. The number of carbonyl (C=O) groups excluding carboxylic acids is 4. The van der Waals surface area contributed by atoms with Crippen LogP contribution in [0.15, 0.2) is 47.0 Å². The fourth-order valence-corrected chi connectivity index (χ4v) is 3.27. The third-order valence-electron chi connectivity index (χ3n) is 5.09. The number of ether oxygens (including phenoxy) is 1. The van der Waals surface area contributed by atoms with Crippen molar-refractivity contribution in [3.05, 3.63) is 76.0 Å². The maximum absolute atomic E-state index is 12.7. The average Bonchev–Trinajstić information content (AvgIpc) is 3.29. The van der Waals surface area contributed by atoms with E-state index in [2.05, 4.69) is 10.5 Å².